The Morgan fingerprint density at radius 3 is 1.70 bits per heavy atom. The van der Waals surface area contributed by atoms with E-state index in [1.807, 2.05) is 41.5 Å². The molecule has 2 rings (SSSR count). The maximum Gasteiger partial charge on any atom is 0.187 e. The van der Waals surface area contributed by atoms with Crippen LogP contribution in [-0.4, -0.2) is 111 Å². The van der Waals surface area contributed by atoms with Crippen LogP contribution in [0.4, 0.5) is 0 Å². The molecule has 0 bridgehead atoms. The fourth-order valence-corrected chi connectivity index (χ4v) is 4.40. The molecule has 0 amide bonds. The third kappa shape index (κ3) is 6.06. The molecule has 2 fully saturated rings. The van der Waals surface area contributed by atoms with E-state index in [-0.39, 0.29) is 0 Å². The van der Waals surface area contributed by atoms with E-state index in [4.69, 9.17) is 18.9 Å². The number of rotatable bonds is 10. The van der Waals surface area contributed by atoms with Crippen molar-refractivity contribution in [1.82, 2.24) is 0 Å². The van der Waals surface area contributed by atoms with E-state index >= 15 is 0 Å². The molecule has 0 aliphatic carbocycles. The van der Waals surface area contributed by atoms with Crippen LogP contribution in [0.5, 0.6) is 0 Å². The SMILES string of the molecule is CCC(C)(C)O[C@@H]1C(CO)O[C@@H](O[C@H]2C(O)C(O)[C@H](C(C)(CC)CC)O[C@H]2CO)[C@@H](O)C1O. The second-order valence-electron chi connectivity index (χ2n) is 10.1. The van der Waals surface area contributed by atoms with Crippen LogP contribution in [0.1, 0.15) is 60.8 Å². The van der Waals surface area contributed by atoms with Crippen LogP contribution in [0.3, 0.4) is 0 Å². The molecule has 0 aromatic carbocycles. The van der Waals surface area contributed by atoms with Gasteiger partial charge in [-0.05, 0) is 38.5 Å². The zero-order valence-corrected chi connectivity index (χ0v) is 20.6. The van der Waals surface area contributed by atoms with Gasteiger partial charge in [0.15, 0.2) is 6.29 Å². The smallest absolute Gasteiger partial charge is 0.187 e. The first kappa shape index (κ1) is 28.8. The van der Waals surface area contributed by atoms with Crippen LogP contribution in [0.2, 0.25) is 0 Å². The summed E-state index contributed by atoms with van der Waals surface area (Å²) in [5, 5.41) is 62.8. The van der Waals surface area contributed by atoms with Crippen molar-refractivity contribution in [2.75, 3.05) is 13.2 Å². The summed E-state index contributed by atoms with van der Waals surface area (Å²) >= 11 is 0. The minimum Gasteiger partial charge on any atom is -0.394 e. The molecule has 10 nitrogen and oxygen atoms in total. The Balaban J connectivity index is 2.20. The van der Waals surface area contributed by atoms with Crippen LogP contribution in [0, 0.1) is 5.41 Å². The lowest BCUT2D eigenvalue weighted by Crippen LogP contribution is -2.66. The molecule has 0 saturated carbocycles. The predicted molar refractivity (Wildman–Crippen MR) is 118 cm³/mol. The Hall–Kier alpha value is -0.400. The summed E-state index contributed by atoms with van der Waals surface area (Å²) < 4.78 is 23.4. The number of hydrogen-bond donors (Lipinski definition) is 6. The quantitative estimate of drug-likeness (QED) is 0.245. The zero-order valence-electron chi connectivity index (χ0n) is 20.6. The predicted octanol–water partition coefficient (Wildman–Crippen LogP) is -0.308. The summed E-state index contributed by atoms with van der Waals surface area (Å²) in [6.45, 7) is 10.4. The Morgan fingerprint density at radius 1 is 0.697 bits per heavy atom. The molecule has 0 radical (unpaired) electrons. The van der Waals surface area contributed by atoms with Gasteiger partial charge in [-0.2, -0.15) is 0 Å². The number of hydrogen-bond acceptors (Lipinski definition) is 10. The van der Waals surface area contributed by atoms with Gasteiger partial charge in [-0.25, -0.2) is 0 Å². The van der Waals surface area contributed by atoms with Crippen LogP contribution in [0.15, 0.2) is 0 Å². The number of aliphatic hydroxyl groups is 6. The van der Waals surface area contributed by atoms with Gasteiger partial charge in [0.1, 0.15) is 48.8 Å². The highest BCUT2D eigenvalue weighted by Crippen LogP contribution is 2.40. The van der Waals surface area contributed by atoms with E-state index in [2.05, 4.69) is 0 Å². The molecule has 6 N–H and O–H groups in total. The molecule has 10 heteroatoms. The number of aliphatic hydroxyl groups excluding tert-OH is 6. The maximum absolute atomic E-state index is 10.9. The molecule has 2 aliphatic rings. The second kappa shape index (κ2) is 11.6. The highest BCUT2D eigenvalue weighted by molar-refractivity contribution is 5.00. The van der Waals surface area contributed by atoms with Crippen molar-refractivity contribution >= 4 is 0 Å². The van der Waals surface area contributed by atoms with Gasteiger partial charge >= 0.3 is 0 Å². The Morgan fingerprint density at radius 2 is 1.21 bits per heavy atom. The largest absolute Gasteiger partial charge is 0.394 e. The van der Waals surface area contributed by atoms with Crippen LogP contribution in [0.25, 0.3) is 0 Å². The van der Waals surface area contributed by atoms with E-state index in [0.717, 1.165) is 0 Å². The van der Waals surface area contributed by atoms with Gasteiger partial charge in [0.05, 0.1) is 24.9 Å². The summed E-state index contributed by atoms with van der Waals surface area (Å²) in [5.41, 5.74) is -1.07. The average Bonchev–Trinajstić information content (AvgIpc) is 2.81. The van der Waals surface area contributed by atoms with Crippen molar-refractivity contribution in [1.29, 1.82) is 0 Å². The van der Waals surface area contributed by atoms with Gasteiger partial charge in [0.25, 0.3) is 0 Å². The first-order valence-electron chi connectivity index (χ1n) is 12.0. The van der Waals surface area contributed by atoms with Crippen LogP contribution in [-0.2, 0) is 18.9 Å². The molecule has 2 saturated heterocycles. The van der Waals surface area contributed by atoms with Gasteiger partial charge in [0, 0.05) is 0 Å². The molecule has 4 unspecified atom stereocenters. The van der Waals surface area contributed by atoms with Crippen LogP contribution >= 0.6 is 0 Å². The lowest BCUT2D eigenvalue weighted by Gasteiger charge is -2.50. The van der Waals surface area contributed by atoms with Gasteiger partial charge in [0.2, 0.25) is 0 Å². The summed E-state index contributed by atoms with van der Waals surface area (Å²) in [5.74, 6) is 0. The molecule has 0 aromatic rings. The number of ether oxygens (including phenoxy) is 4. The topological polar surface area (TPSA) is 158 Å². The van der Waals surface area contributed by atoms with Crippen molar-refractivity contribution in [3.05, 3.63) is 0 Å². The van der Waals surface area contributed by atoms with Gasteiger partial charge in [-0.1, -0.05) is 27.7 Å². The zero-order chi connectivity index (χ0) is 25.1. The van der Waals surface area contributed by atoms with Gasteiger partial charge in [-0.3, -0.25) is 0 Å². The van der Waals surface area contributed by atoms with E-state index in [0.29, 0.717) is 19.3 Å². The van der Waals surface area contributed by atoms with Gasteiger partial charge in [-0.15, -0.1) is 0 Å². The highest BCUT2D eigenvalue weighted by Gasteiger charge is 2.54. The van der Waals surface area contributed by atoms with Crippen LogP contribution < -0.4 is 0 Å². The fraction of sp³-hybridized carbons (Fsp3) is 1.00. The molecule has 2 heterocycles. The first-order valence-corrected chi connectivity index (χ1v) is 12.0. The first-order chi connectivity index (χ1) is 15.4. The second-order valence-corrected chi connectivity index (χ2v) is 10.1. The van der Waals surface area contributed by atoms with Crippen molar-refractivity contribution in [3.63, 3.8) is 0 Å². The minimum absolute atomic E-state index is 0.436. The van der Waals surface area contributed by atoms with E-state index in [9.17, 15) is 30.6 Å². The summed E-state index contributed by atoms with van der Waals surface area (Å²) in [6, 6.07) is 0. The van der Waals surface area contributed by atoms with E-state index < -0.39 is 85.5 Å². The van der Waals surface area contributed by atoms with Crippen molar-refractivity contribution in [3.8, 4) is 0 Å². The normalized spacial score (nSPS) is 40.7. The minimum atomic E-state index is -1.57. The Labute approximate surface area is 196 Å². The summed E-state index contributed by atoms with van der Waals surface area (Å²) in [7, 11) is 0. The molecule has 0 aromatic heterocycles. The molecule has 10 atom stereocenters. The highest BCUT2D eigenvalue weighted by atomic mass is 16.7. The third-order valence-corrected chi connectivity index (χ3v) is 7.59. The van der Waals surface area contributed by atoms with E-state index in [1.54, 1.807) is 0 Å². The third-order valence-electron chi connectivity index (χ3n) is 7.59. The van der Waals surface area contributed by atoms with E-state index in [1.165, 1.54) is 0 Å². The van der Waals surface area contributed by atoms with Crippen molar-refractivity contribution in [2.45, 2.75) is 128 Å². The monoisotopic (exact) mass is 480 g/mol. The molecule has 196 valence electrons. The lowest BCUT2D eigenvalue weighted by molar-refractivity contribution is -0.355. The Bertz CT molecular complexity index is 594. The summed E-state index contributed by atoms with van der Waals surface area (Å²) in [4.78, 5) is 0. The fourth-order valence-electron chi connectivity index (χ4n) is 4.40. The maximum atomic E-state index is 10.9. The van der Waals surface area contributed by atoms with Crippen molar-refractivity contribution in [2.24, 2.45) is 5.41 Å². The molecule has 33 heavy (non-hydrogen) atoms. The molecular weight excluding hydrogens is 436 g/mol. The molecule has 2 aliphatic heterocycles. The van der Waals surface area contributed by atoms with Crippen molar-refractivity contribution < 1.29 is 49.6 Å². The summed E-state index contributed by atoms with van der Waals surface area (Å²) in [6.07, 6.45) is -10.2. The molecular formula is C23H44O10. The Kier molecular flexibility index (Phi) is 10.1. The standard InChI is InChI=1S/C23H44O10/c1-7-22(4,5)33-19-13(11-25)31-21(17(29)15(19)27)32-18-12(10-24)30-20(16(28)14(18)26)23(6,8-2)9-3/h12-21,24-29H,7-11H2,1-6H3/t12-,13?,14?,15?,16?,17-,18+,19+,20+,21-/m0/s1. The average molecular weight is 481 g/mol. The lowest BCUT2D eigenvalue weighted by atomic mass is 9.73. The molecule has 0 spiro atoms. The van der Waals surface area contributed by atoms with Gasteiger partial charge < -0.3 is 49.6 Å².